The number of amides is 3. The molecule has 1 saturated heterocycles. The van der Waals surface area contributed by atoms with Gasteiger partial charge in [-0.15, -0.1) is 17.9 Å². The summed E-state index contributed by atoms with van der Waals surface area (Å²) in [6.07, 6.45) is 11.6. The molecule has 1 aromatic carbocycles. The fourth-order valence-electron chi connectivity index (χ4n) is 4.97. The molecule has 3 atom stereocenters. The van der Waals surface area contributed by atoms with Crippen LogP contribution in [0.2, 0.25) is 0 Å². The standard InChI is InChI=1S/C13H27N2O3.C12H12N2OS.C6H11NO.C6H10O.C2H6.CH4O.Y/c1-3-4-5-12(2)15-13(16)6-8-17-10-11-18-9-7-14;1-9-12(16-8-14-9)11-4-2-10(3-5-11)6-13-7-15;1-6-3-2-4-7(6)5-8;1-5-2-3-6(7)4-5;2*1-2;/h12,14H,3-11H2,1-2H3,(H,15,16);2-5,7-8H,6H2,1H3,(H,13,15);5-6H,2-4H2,1H3;3,5,7H,2,4H2,1H3;1-2H3;2H,1H3;/q-1;;;;;;. The van der Waals surface area contributed by atoms with Crippen molar-refractivity contribution in [3.05, 3.63) is 58.6 Å². The Labute approximate surface area is 355 Å². The van der Waals surface area contributed by atoms with Crippen molar-refractivity contribution < 1.29 is 66.8 Å². The summed E-state index contributed by atoms with van der Waals surface area (Å²) in [7, 11) is 1.00. The molecule has 1 radical (unpaired) electrons. The summed E-state index contributed by atoms with van der Waals surface area (Å²) in [6.45, 7) is 18.1. The Balaban J connectivity index is -0.000000653. The average molecular weight is 854 g/mol. The fraction of sp³-hybridized carbons (Fsp3) is 0.650. The van der Waals surface area contributed by atoms with Gasteiger partial charge in [0.25, 0.3) is 0 Å². The molecule has 2 heterocycles. The first-order chi connectivity index (χ1) is 25.6. The van der Waals surface area contributed by atoms with Gasteiger partial charge in [-0.3, -0.25) is 14.4 Å². The van der Waals surface area contributed by atoms with Crippen molar-refractivity contribution in [1.82, 2.24) is 20.5 Å². The third-order valence-corrected chi connectivity index (χ3v) is 8.87. The van der Waals surface area contributed by atoms with E-state index in [1.54, 1.807) is 11.3 Å². The minimum atomic E-state index is 0. The van der Waals surface area contributed by atoms with Crippen LogP contribution in [0.4, 0.5) is 0 Å². The van der Waals surface area contributed by atoms with Crippen LogP contribution < -0.4 is 10.6 Å². The maximum absolute atomic E-state index is 11.5. The van der Waals surface area contributed by atoms with Crippen LogP contribution in [0.25, 0.3) is 16.2 Å². The van der Waals surface area contributed by atoms with Crippen LogP contribution in [0.1, 0.15) is 104 Å². The zero-order valence-electron chi connectivity index (χ0n) is 34.3. The van der Waals surface area contributed by atoms with Gasteiger partial charge >= 0.3 is 0 Å². The quantitative estimate of drug-likeness (QED) is 0.0928. The van der Waals surface area contributed by atoms with Crippen molar-refractivity contribution in [2.45, 2.75) is 118 Å². The molecule has 0 saturated carbocycles. The minimum Gasteiger partial charge on any atom is -0.676 e. The molecule has 1 fully saturated rings. The van der Waals surface area contributed by atoms with Crippen LogP contribution in [0.5, 0.6) is 0 Å². The van der Waals surface area contributed by atoms with Crippen molar-refractivity contribution >= 4 is 30.1 Å². The molecule has 12 nitrogen and oxygen atoms in total. The number of unbranched alkanes of at least 4 members (excludes halogenated alkanes) is 1. The number of aromatic nitrogens is 1. The molecule has 54 heavy (non-hydrogen) atoms. The SMILES string of the molecule is CC.CC1CC=C(O)C1.CC1CCCN1C=O.CCCCC(C)NC(=O)CCOCCOCC[NH-].CO.Cc1ncsc1-c1ccc(CNC=O)cc1.[Y]. The Morgan fingerprint density at radius 1 is 1.11 bits per heavy atom. The predicted molar refractivity (Wildman–Crippen MR) is 218 cm³/mol. The van der Waals surface area contributed by atoms with E-state index in [1.807, 2.05) is 56.3 Å². The van der Waals surface area contributed by atoms with Crippen LogP contribution in [0, 0.1) is 12.8 Å². The van der Waals surface area contributed by atoms with Gasteiger partial charge in [0.1, 0.15) is 0 Å². The molecule has 307 valence electrons. The molecule has 1 aliphatic heterocycles. The van der Waals surface area contributed by atoms with Crippen molar-refractivity contribution in [2.24, 2.45) is 5.92 Å². The van der Waals surface area contributed by atoms with Gasteiger partial charge in [-0.1, -0.05) is 64.8 Å². The molecular weight excluding hydrogens is 783 g/mol. The average Bonchev–Trinajstić information content (AvgIpc) is 3.92. The molecule has 1 aromatic heterocycles. The van der Waals surface area contributed by atoms with Gasteiger partial charge in [0.2, 0.25) is 18.7 Å². The van der Waals surface area contributed by atoms with Crippen molar-refractivity contribution in [3.8, 4) is 10.4 Å². The monoisotopic (exact) mass is 853 g/mol. The normalized spacial score (nSPS) is 15.5. The van der Waals surface area contributed by atoms with E-state index < -0.39 is 0 Å². The third-order valence-electron chi connectivity index (χ3n) is 7.89. The van der Waals surface area contributed by atoms with Crippen molar-refractivity contribution in [1.29, 1.82) is 0 Å². The van der Waals surface area contributed by atoms with E-state index >= 15 is 0 Å². The van der Waals surface area contributed by atoms with Gasteiger partial charge in [-0.25, -0.2) is 4.98 Å². The third kappa shape index (κ3) is 29.1. The number of allylic oxidation sites excluding steroid dienone is 2. The van der Waals surface area contributed by atoms with Crippen LogP contribution in [0.3, 0.4) is 0 Å². The number of hydrogen-bond donors (Lipinski definition) is 4. The number of aryl methyl sites for hydroxylation is 1. The Bertz CT molecular complexity index is 1200. The topological polar surface area (TPSA) is 174 Å². The van der Waals surface area contributed by atoms with Crippen LogP contribution >= 0.6 is 11.3 Å². The van der Waals surface area contributed by atoms with Crippen LogP contribution in [0.15, 0.2) is 41.6 Å². The number of aliphatic hydroxyl groups excluding tert-OH is 2. The number of carbonyl (C=O) groups excluding carboxylic acids is 3. The molecule has 14 heteroatoms. The molecule has 5 N–H and O–H groups in total. The molecule has 0 spiro atoms. The first-order valence-corrected chi connectivity index (χ1v) is 19.8. The summed E-state index contributed by atoms with van der Waals surface area (Å²) in [5, 5.41) is 21.4. The number of carbonyl (C=O) groups is 3. The van der Waals surface area contributed by atoms with Gasteiger partial charge in [0, 0.05) is 84.4 Å². The first-order valence-electron chi connectivity index (χ1n) is 18.9. The number of thiazole rings is 1. The number of benzene rings is 1. The number of likely N-dealkylation sites (tertiary alicyclic amines) is 1. The van der Waals surface area contributed by atoms with E-state index in [0.717, 1.165) is 63.4 Å². The number of nitrogens with one attached hydrogen (secondary N) is 3. The summed E-state index contributed by atoms with van der Waals surface area (Å²) in [5.41, 5.74) is 12.1. The second kappa shape index (κ2) is 39.0. The van der Waals surface area contributed by atoms with E-state index in [1.165, 1.54) is 23.3 Å². The largest absolute Gasteiger partial charge is 0.676 e. The molecule has 4 rings (SSSR count). The van der Waals surface area contributed by atoms with Crippen molar-refractivity contribution in [2.75, 3.05) is 46.6 Å². The smallest absolute Gasteiger partial charge is 0.222 e. The number of nitrogens with zero attached hydrogens (tertiary/aromatic N) is 2. The van der Waals surface area contributed by atoms with Crippen LogP contribution in [-0.4, -0.2) is 97.5 Å². The number of rotatable bonds is 17. The van der Waals surface area contributed by atoms with Crippen LogP contribution in [-0.2, 0) is 63.1 Å². The Morgan fingerprint density at radius 2 is 1.76 bits per heavy atom. The molecule has 2 aromatic rings. The molecule has 3 unspecified atom stereocenters. The Kier molecular flexibility index (Phi) is 40.5. The molecule has 3 amide bonds. The van der Waals surface area contributed by atoms with Gasteiger partial charge in [0.15, 0.2) is 0 Å². The minimum absolute atomic E-state index is 0. The summed E-state index contributed by atoms with van der Waals surface area (Å²) >= 11 is 1.64. The Hall–Kier alpha value is -2.26. The maximum atomic E-state index is 11.5. The molecular formula is C40H70N5O7SY-. The van der Waals surface area contributed by atoms with Crippen molar-refractivity contribution in [3.63, 3.8) is 0 Å². The van der Waals surface area contributed by atoms with Gasteiger partial charge in [0.05, 0.1) is 41.7 Å². The second-order valence-electron chi connectivity index (χ2n) is 12.4. The van der Waals surface area contributed by atoms with Gasteiger partial charge in [-0.2, -0.15) is 0 Å². The summed E-state index contributed by atoms with van der Waals surface area (Å²) in [4.78, 5) is 39.1. The number of aliphatic hydroxyl groups is 2. The summed E-state index contributed by atoms with van der Waals surface area (Å²) < 4.78 is 10.4. The zero-order chi connectivity index (χ0) is 40.3. The number of hydrogen-bond acceptors (Lipinski definition) is 9. The van der Waals surface area contributed by atoms with E-state index in [0.29, 0.717) is 63.5 Å². The molecule has 1 aliphatic carbocycles. The van der Waals surface area contributed by atoms with Gasteiger partial charge < -0.3 is 41.0 Å². The predicted octanol–water partition coefficient (Wildman–Crippen LogP) is 7.64. The van der Waals surface area contributed by atoms with E-state index in [2.05, 4.69) is 48.5 Å². The van der Waals surface area contributed by atoms with E-state index in [9.17, 15) is 14.4 Å². The first kappa shape index (κ1) is 56.1. The molecule has 0 bridgehead atoms. The number of ether oxygens (including phenoxy) is 2. The zero-order valence-corrected chi connectivity index (χ0v) is 37.9. The van der Waals surface area contributed by atoms with Gasteiger partial charge in [-0.05, 0) is 69.6 Å². The maximum Gasteiger partial charge on any atom is 0.222 e. The Morgan fingerprint density at radius 3 is 2.19 bits per heavy atom. The van der Waals surface area contributed by atoms with E-state index in [4.69, 9.17) is 25.4 Å². The molecule has 2 aliphatic rings. The second-order valence-corrected chi connectivity index (χ2v) is 13.2. The fourth-order valence-corrected chi connectivity index (χ4v) is 5.79. The van der Waals surface area contributed by atoms with E-state index in [-0.39, 0.29) is 51.2 Å². The summed E-state index contributed by atoms with van der Waals surface area (Å²) in [5.74, 6) is 1.30. The summed E-state index contributed by atoms with van der Waals surface area (Å²) in [6, 6.07) is 8.89.